The largest absolute Gasteiger partial charge is 0.301 e. The van der Waals surface area contributed by atoms with Gasteiger partial charge in [0, 0.05) is 4.47 Å². The second-order valence-electron chi connectivity index (χ2n) is 4.72. The van der Waals surface area contributed by atoms with Gasteiger partial charge in [0.1, 0.15) is 0 Å². The van der Waals surface area contributed by atoms with E-state index in [9.17, 15) is 4.79 Å². The highest BCUT2D eigenvalue weighted by Gasteiger charge is 2.20. The van der Waals surface area contributed by atoms with E-state index in [4.69, 9.17) is 0 Å². The highest BCUT2D eigenvalue weighted by Crippen LogP contribution is 2.31. The van der Waals surface area contributed by atoms with E-state index in [0.717, 1.165) is 20.3 Å². The monoisotopic (exact) mass is 404 g/mol. The zero-order valence-corrected chi connectivity index (χ0v) is 14.8. The molecule has 0 fully saturated rings. The quantitative estimate of drug-likeness (QED) is 0.750. The van der Waals surface area contributed by atoms with Crippen LogP contribution >= 0.6 is 43.2 Å². The number of rotatable bonds is 3. The third kappa shape index (κ3) is 3.35. The molecule has 3 nitrogen and oxygen atoms in total. The third-order valence-corrected chi connectivity index (χ3v) is 5.56. The molecular weight excluding hydrogens is 392 g/mol. The van der Waals surface area contributed by atoms with E-state index in [1.165, 1.54) is 11.3 Å². The molecule has 102 valence electrons. The normalized spacial score (nSPS) is 12.9. The molecule has 1 amide bonds. The van der Waals surface area contributed by atoms with E-state index in [1.54, 1.807) is 0 Å². The SMILES string of the molecule is Cc1cc(Br)cc2sc(NC(=O)[C@@H](Br)C(C)C)nc12. The Kier molecular flexibility index (Phi) is 4.63. The standard InChI is InChI=1S/C13H14Br2N2OS/c1-6(2)10(15)12(18)17-13-16-11-7(3)4-8(14)5-9(11)19-13/h4-6,10H,1-3H3,(H,16,17,18)/t10-/m0/s1. The van der Waals surface area contributed by atoms with Crippen LogP contribution in [0, 0.1) is 12.8 Å². The molecule has 0 aliphatic rings. The molecule has 0 unspecified atom stereocenters. The Morgan fingerprint density at radius 3 is 2.74 bits per heavy atom. The molecule has 1 heterocycles. The molecule has 0 saturated heterocycles. The van der Waals surface area contributed by atoms with Gasteiger partial charge in [0.2, 0.25) is 5.91 Å². The average Bonchev–Trinajstić information content (AvgIpc) is 2.70. The maximum Gasteiger partial charge on any atom is 0.240 e. The second-order valence-corrected chi connectivity index (χ2v) is 7.66. The van der Waals surface area contributed by atoms with Gasteiger partial charge in [-0.15, -0.1) is 0 Å². The Labute approximate surface area is 133 Å². The zero-order chi connectivity index (χ0) is 14.2. The van der Waals surface area contributed by atoms with Crippen molar-refractivity contribution in [1.82, 2.24) is 4.98 Å². The summed E-state index contributed by atoms with van der Waals surface area (Å²) in [5, 5.41) is 3.51. The number of benzene rings is 1. The summed E-state index contributed by atoms with van der Waals surface area (Å²) in [6, 6.07) is 4.04. The number of hydrogen-bond acceptors (Lipinski definition) is 3. The summed E-state index contributed by atoms with van der Waals surface area (Å²) in [7, 11) is 0. The van der Waals surface area contributed by atoms with Crippen LogP contribution in [-0.4, -0.2) is 15.7 Å². The van der Waals surface area contributed by atoms with Crippen LogP contribution in [0.25, 0.3) is 10.2 Å². The first-order valence-electron chi connectivity index (χ1n) is 5.90. The van der Waals surface area contributed by atoms with Crippen molar-refractivity contribution in [2.24, 2.45) is 5.92 Å². The minimum absolute atomic E-state index is 0.0502. The minimum atomic E-state index is -0.202. The van der Waals surface area contributed by atoms with E-state index >= 15 is 0 Å². The molecule has 6 heteroatoms. The number of nitrogens with one attached hydrogen (secondary N) is 1. The molecule has 19 heavy (non-hydrogen) atoms. The summed E-state index contributed by atoms with van der Waals surface area (Å²) in [5.74, 6) is 0.191. The number of nitrogens with zero attached hydrogens (tertiary/aromatic N) is 1. The summed E-state index contributed by atoms with van der Waals surface area (Å²) >= 11 is 8.35. The van der Waals surface area contributed by atoms with E-state index in [-0.39, 0.29) is 16.7 Å². The fraction of sp³-hybridized carbons (Fsp3) is 0.385. The van der Waals surface area contributed by atoms with Gasteiger partial charge in [-0.3, -0.25) is 4.79 Å². The Balaban J connectivity index is 2.27. The first-order chi connectivity index (χ1) is 8.88. The van der Waals surface area contributed by atoms with E-state index < -0.39 is 0 Å². The maximum absolute atomic E-state index is 12.0. The number of hydrogen-bond donors (Lipinski definition) is 1. The summed E-state index contributed by atoms with van der Waals surface area (Å²) < 4.78 is 2.09. The van der Waals surface area contributed by atoms with Crippen LogP contribution < -0.4 is 5.32 Å². The molecule has 0 spiro atoms. The lowest BCUT2D eigenvalue weighted by Crippen LogP contribution is -2.26. The van der Waals surface area contributed by atoms with Gasteiger partial charge in [-0.1, -0.05) is 57.0 Å². The lowest BCUT2D eigenvalue weighted by Gasteiger charge is -2.11. The van der Waals surface area contributed by atoms with Crippen LogP contribution in [0.2, 0.25) is 0 Å². The maximum atomic E-state index is 12.0. The first kappa shape index (κ1) is 14.9. The van der Waals surface area contributed by atoms with Crippen molar-refractivity contribution in [2.45, 2.75) is 25.6 Å². The van der Waals surface area contributed by atoms with Crippen LogP contribution in [0.5, 0.6) is 0 Å². The van der Waals surface area contributed by atoms with E-state index in [1.807, 2.05) is 32.9 Å². The van der Waals surface area contributed by atoms with Crippen molar-refractivity contribution in [3.63, 3.8) is 0 Å². The van der Waals surface area contributed by atoms with Gasteiger partial charge in [0.15, 0.2) is 5.13 Å². The molecular formula is C13H14Br2N2OS. The van der Waals surface area contributed by atoms with Gasteiger partial charge in [-0.2, -0.15) is 0 Å². The number of carbonyl (C=O) groups excluding carboxylic acids is 1. The van der Waals surface area contributed by atoms with Crippen molar-refractivity contribution in [3.8, 4) is 0 Å². The Bertz CT molecular complexity index is 624. The molecule has 0 aliphatic heterocycles. The van der Waals surface area contributed by atoms with Crippen LogP contribution in [0.3, 0.4) is 0 Å². The molecule has 1 N–H and O–H groups in total. The van der Waals surface area contributed by atoms with Gasteiger partial charge >= 0.3 is 0 Å². The van der Waals surface area contributed by atoms with Crippen LogP contribution in [0.1, 0.15) is 19.4 Å². The van der Waals surface area contributed by atoms with Gasteiger partial charge in [-0.25, -0.2) is 4.98 Å². The molecule has 1 atom stereocenters. The number of amides is 1. The predicted molar refractivity (Wildman–Crippen MR) is 88.2 cm³/mol. The number of halogens is 2. The zero-order valence-electron chi connectivity index (χ0n) is 10.8. The molecule has 0 saturated carbocycles. The topological polar surface area (TPSA) is 42.0 Å². The summed E-state index contributed by atoms with van der Waals surface area (Å²) in [6.45, 7) is 6.01. The number of carbonyl (C=O) groups is 1. The van der Waals surface area contributed by atoms with Crippen LogP contribution in [0.4, 0.5) is 5.13 Å². The Morgan fingerprint density at radius 2 is 2.11 bits per heavy atom. The first-order valence-corrected chi connectivity index (χ1v) is 8.42. The minimum Gasteiger partial charge on any atom is -0.301 e. The lowest BCUT2D eigenvalue weighted by molar-refractivity contribution is -0.116. The van der Waals surface area contributed by atoms with Crippen molar-refractivity contribution in [1.29, 1.82) is 0 Å². The van der Waals surface area contributed by atoms with Gasteiger partial charge in [0.25, 0.3) is 0 Å². The third-order valence-electron chi connectivity index (χ3n) is 2.72. The summed E-state index contributed by atoms with van der Waals surface area (Å²) in [5.41, 5.74) is 2.04. The Hall–Kier alpha value is -0.460. The van der Waals surface area contributed by atoms with Gasteiger partial charge < -0.3 is 5.32 Å². The second kappa shape index (κ2) is 5.89. The summed E-state index contributed by atoms with van der Waals surface area (Å²) in [6.07, 6.45) is 0. The van der Waals surface area contributed by atoms with Crippen molar-refractivity contribution < 1.29 is 4.79 Å². The number of fused-ring (bicyclic) bond motifs is 1. The van der Waals surface area contributed by atoms with Crippen molar-refractivity contribution in [2.75, 3.05) is 5.32 Å². The molecule has 1 aromatic carbocycles. The van der Waals surface area contributed by atoms with Gasteiger partial charge in [-0.05, 0) is 30.5 Å². The average molecular weight is 406 g/mol. The number of aromatic nitrogens is 1. The number of thiazole rings is 1. The number of aryl methyl sites for hydroxylation is 1. The van der Waals surface area contributed by atoms with E-state index in [2.05, 4.69) is 42.2 Å². The molecule has 0 bridgehead atoms. The Morgan fingerprint density at radius 1 is 1.42 bits per heavy atom. The fourth-order valence-electron chi connectivity index (χ4n) is 1.68. The molecule has 0 radical (unpaired) electrons. The molecule has 2 aromatic rings. The highest BCUT2D eigenvalue weighted by molar-refractivity contribution is 9.10. The molecule has 1 aromatic heterocycles. The molecule has 0 aliphatic carbocycles. The lowest BCUT2D eigenvalue weighted by atomic mass is 10.1. The number of alkyl halides is 1. The fourth-order valence-corrected chi connectivity index (χ4v) is 3.51. The van der Waals surface area contributed by atoms with Gasteiger partial charge in [0.05, 0.1) is 15.0 Å². The van der Waals surface area contributed by atoms with Crippen molar-refractivity contribution >= 4 is 64.5 Å². The molecule has 2 rings (SSSR count). The van der Waals surface area contributed by atoms with Crippen LogP contribution in [0.15, 0.2) is 16.6 Å². The predicted octanol–water partition coefficient (Wildman–Crippen LogP) is 4.73. The van der Waals surface area contributed by atoms with Crippen LogP contribution in [-0.2, 0) is 4.79 Å². The summed E-state index contributed by atoms with van der Waals surface area (Å²) in [4.78, 5) is 16.3. The van der Waals surface area contributed by atoms with E-state index in [0.29, 0.717) is 5.13 Å². The highest BCUT2D eigenvalue weighted by atomic mass is 79.9. The van der Waals surface area contributed by atoms with Crippen molar-refractivity contribution in [3.05, 3.63) is 22.2 Å². The number of anilines is 1. The smallest absolute Gasteiger partial charge is 0.240 e.